The lowest BCUT2D eigenvalue weighted by atomic mass is 9.87. The molecule has 2 aromatic heterocycles. The number of carbonyl (C=O) groups is 2. The summed E-state index contributed by atoms with van der Waals surface area (Å²) < 4.78 is 30.0. The van der Waals surface area contributed by atoms with Gasteiger partial charge in [0, 0.05) is 35.8 Å². The lowest BCUT2D eigenvalue weighted by Crippen LogP contribution is -2.36. The largest absolute Gasteiger partial charge is 0.481 e. The van der Waals surface area contributed by atoms with E-state index in [1.165, 1.54) is 6.07 Å². The molecule has 33 heavy (non-hydrogen) atoms. The maximum Gasteiger partial charge on any atom is 0.309 e. The first-order chi connectivity index (χ1) is 15.7. The molecule has 1 aliphatic heterocycles. The molecule has 0 radical (unpaired) electrons. The topological polar surface area (TPSA) is 75.4 Å². The van der Waals surface area contributed by atoms with Crippen molar-refractivity contribution in [2.75, 3.05) is 6.54 Å². The van der Waals surface area contributed by atoms with Crippen LogP contribution in [0.15, 0.2) is 36.5 Å². The number of rotatable bonds is 7. The summed E-state index contributed by atoms with van der Waals surface area (Å²) in [6.45, 7) is 4.33. The quantitative estimate of drug-likeness (QED) is 0.568. The maximum atomic E-state index is 14.4. The number of halogens is 2. The van der Waals surface area contributed by atoms with Crippen LogP contribution in [0.4, 0.5) is 8.78 Å². The number of benzene rings is 1. The van der Waals surface area contributed by atoms with E-state index in [4.69, 9.17) is 0 Å². The van der Waals surface area contributed by atoms with E-state index in [-0.39, 0.29) is 24.4 Å². The second-order valence-corrected chi connectivity index (χ2v) is 9.23. The van der Waals surface area contributed by atoms with Crippen LogP contribution in [0.1, 0.15) is 49.9 Å². The number of carbonyl (C=O) groups excluding carboxylic acids is 1. The Hall–Kier alpha value is -3.29. The molecule has 8 heteroatoms. The van der Waals surface area contributed by atoms with Crippen molar-refractivity contribution in [1.29, 1.82) is 0 Å². The van der Waals surface area contributed by atoms with Crippen molar-refractivity contribution in [3.05, 3.63) is 65.0 Å². The molecule has 3 heterocycles. The highest BCUT2D eigenvalue weighted by Crippen LogP contribution is 2.31. The molecule has 0 saturated carbocycles. The minimum atomic E-state index is -0.876. The summed E-state index contributed by atoms with van der Waals surface area (Å²) in [5, 5.41) is 10.2. The predicted molar refractivity (Wildman–Crippen MR) is 120 cm³/mol. The number of carboxylic acids is 1. The monoisotopic (exact) mass is 455 g/mol. The number of nitrogens with zero attached hydrogens (tertiary/aromatic N) is 3. The number of hydrogen-bond acceptors (Lipinski definition) is 3. The summed E-state index contributed by atoms with van der Waals surface area (Å²) in [4.78, 5) is 30.4. The van der Waals surface area contributed by atoms with Gasteiger partial charge in [-0.15, -0.1) is 0 Å². The van der Waals surface area contributed by atoms with E-state index in [1.807, 2.05) is 16.7 Å². The van der Waals surface area contributed by atoms with Gasteiger partial charge in [0.25, 0.3) is 0 Å². The first-order valence-electron chi connectivity index (χ1n) is 11.1. The Morgan fingerprint density at radius 3 is 2.76 bits per heavy atom. The van der Waals surface area contributed by atoms with Gasteiger partial charge in [-0.3, -0.25) is 9.59 Å². The van der Waals surface area contributed by atoms with E-state index in [1.54, 1.807) is 24.9 Å². The minimum Gasteiger partial charge on any atom is -0.481 e. The van der Waals surface area contributed by atoms with Crippen molar-refractivity contribution in [2.24, 2.45) is 5.41 Å². The predicted octanol–water partition coefficient (Wildman–Crippen LogP) is 4.53. The zero-order valence-electron chi connectivity index (χ0n) is 18.8. The Bertz CT molecular complexity index is 1220. The summed E-state index contributed by atoms with van der Waals surface area (Å²) in [5.41, 5.74) is 1.98. The normalized spacial score (nSPS) is 13.9. The van der Waals surface area contributed by atoms with Crippen molar-refractivity contribution >= 4 is 22.9 Å². The number of amides is 1. The van der Waals surface area contributed by atoms with Crippen molar-refractivity contribution < 1.29 is 23.5 Å². The lowest BCUT2D eigenvalue weighted by molar-refractivity contribution is -0.147. The van der Waals surface area contributed by atoms with Crippen LogP contribution in [0.5, 0.6) is 0 Å². The lowest BCUT2D eigenvalue weighted by Gasteiger charge is -2.29. The third-order valence-electron chi connectivity index (χ3n) is 6.47. The molecule has 1 N–H and O–H groups in total. The van der Waals surface area contributed by atoms with Gasteiger partial charge in [-0.25, -0.2) is 13.8 Å². The number of hydrogen-bond donors (Lipinski definition) is 1. The van der Waals surface area contributed by atoms with Gasteiger partial charge in [0.05, 0.1) is 18.5 Å². The second-order valence-electron chi connectivity index (χ2n) is 9.23. The summed E-state index contributed by atoms with van der Waals surface area (Å²) in [7, 11) is 0. The van der Waals surface area contributed by atoms with E-state index in [2.05, 4.69) is 4.98 Å². The van der Waals surface area contributed by atoms with Crippen LogP contribution < -0.4 is 0 Å². The number of aliphatic carboxylic acids is 1. The fraction of sp³-hybridized carbons (Fsp3) is 0.400. The Kier molecular flexibility index (Phi) is 6.19. The fourth-order valence-corrected chi connectivity index (χ4v) is 4.42. The maximum absolute atomic E-state index is 14.4. The zero-order chi connectivity index (χ0) is 23.8. The molecular formula is C25H27F2N3O3. The van der Waals surface area contributed by atoms with Crippen molar-refractivity contribution in [3.63, 3.8) is 0 Å². The van der Waals surface area contributed by atoms with Crippen molar-refractivity contribution in [1.82, 2.24) is 14.5 Å². The van der Waals surface area contributed by atoms with E-state index < -0.39 is 23.0 Å². The molecule has 0 atom stereocenters. The Labute approximate surface area is 190 Å². The van der Waals surface area contributed by atoms with Gasteiger partial charge in [0.15, 0.2) is 0 Å². The molecule has 1 amide bonds. The molecule has 0 bridgehead atoms. The molecule has 4 rings (SSSR count). The van der Waals surface area contributed by atoms with Crippen LogP contribution in [0.2, 0.25) is 0 Å². The summed E-state index contributed by atoms with van der Waals surface area (Å²) in [6.07, 6.45) is 3.47. The van der Waals surface area contributed by atoms with Gasteiger partial charge in [0.2, 0.25) is 5.91 Å². The molecule has 0 saturated heterocycles. The molecule has 1 aromatic carbocycles. The third kappa shape index (κ3) is 4.60. The molecule has 6 nitrogen and oxygen atoms in total. The van der Waals surface area contributed by atoms with Crippen molar-refractivity contribution in [3.8, 4) is 0 Å². The Balaban J connectivity index is 1.58. The molecule has 0 unspecified atom stereocenters. The molecule has 1 aliphatic rings. The van der Waals surface area contributed by atoms with E-state index in [0.717, 1.165) is 28.8 Å². The van der Waals surface area contributed by atoms with Crippen LogP contribution in [0, 0.1) is 17.0 Å². The highest BCUT2D eigenvalue weighted by Gasteiger charge is 2.29. The molecule has 0 spiro atoms. The summed E-state index contributed by atoms with van der Waals surface area (Å²) in [6, 6.07) is 7.20. The first kappa shape index (κ1) is 22.9. The highest BCUT2D eigenvalue weighted by molar-refractivity contribution is 5.84. The summed E-state index contributed by atoms with van der Waals surface area (Å²) >= 11 is 0. The van der Waals surface area contributed by atoms with Crippen LogP contribution in [0.3, 0.4) is 0 Å². The van der Waals surface area contributed by atoms with Gasteiger partial charge in [0.1, 0.15) is 17.3 Å². The van der Waals surface area contributed by atoms with E-state index in [0.29, 0.717) is 38.0 Å². The second kappa shape index (κ2) is 8.92. The third-order valence-corrected chi connectivity index (χ3v) is 6.47. The highest BCUT2D eigenvalue weighted by atomic mass is 19.1. The number of carboxylic acid groups (broad SMARTS) is 1. The Morgan fingerprint density at radius 2 is 2.00 bits per heavy atom. The van der Waals surface area contributed by atoms with Crippen molar-refractivity contribution in [2.45, 2.75) is 52.6 Å². The zero-order valence-corrected chi connectivity index (χ0v) is 18.8. The molecule has 3 aromatic rings. The van der Waals surface area contributed by atoms with Gasteiger partial charge in [-0.2, -0.15) is 0 Å². The average Bonchev–Trinajstić information content (AvgIpc) is 3.09. The van der Waals surface area contributed by atoms with E-state index in [9.17, 15) is 23.5 Å². The van der Waals surface area contributed by atoms with Crippen LogP contribution >= 0.6 is 0 Å². The number of pyridine rings is 1. The smallest absolute Gasteiger partial charge is 0.309 e. The van der Waals surface area contributed by atoms with Crippen LogP contribution in [0.25, 0.3) is 11.0 Å². The minimum absolute atomic E-state index is 0.0384. The van der Waals surface area contributed by atoms with Crippen LogP contribution in [-0.4, -0.2) is 38.0 Å². The van der Waals surface area contributed by atoms with E-state index >= 15 is 0 Å². The van der Waals surface area contributed by atoms with Gasteiger partial charge in [-0.1, -0.05) is 0 Å². The van der Waals surface area contributed by atoms with Gasteiger partial charge >= 0.3 is 5.97 Å². The molecule has 174 valence electrons. The van der Waals surface area contributed by atoms with Crippen LogP contribution in [-0.2, 0) is 29.1 Å². The molecule has 0 fully saturated rings. The van der Waals surface area contributed by atoms with Gasteiger partial charge < -0.3 is 14.6 Å². The molecule has 0 aliphatic carbocycles. The molecular weight excluding hydrogens is 428 g/mol. The Morgan fingerprint density at radius 1 is 1.21 bits per heavy atom. The standard InChI is InChI=1S/C25H27F2N3O3/c1-25(2,24(32)33)10-3-6-22(31)29-12-9-18-19-5-4-11-28-23(19)30(21(18)15-29)14-16-13-17(26)7-8-20(16)27/h4-5,7-8,11,13H,3,6,9-10,12,14-15H2,1-2H3,(H,32,33). The average molecular weight is 456 g/mol. The number of fused-ring (bicyclic) bond motifs is 3. The summed E-state index contributed by atoms with van der Waals surface area (Å²) in [5.74, 6) is -1.92. The number of aromatic nitrogens is 2. The fourth-order valence-electron chi connectivity index (χ4n) is 4.42. The first-order valence-corrected chi connectivity index (χ1v) is 11.1. The van der Waals surface area contributed by atoms with Gasteiger partial charge in [-0.05, 0) is 69.0 Å². The SMILES string of the molecule is CC(C)(CCCC(=O)N1CCc2c(n(Cc3cc(F)ccc3F)c3ncccc23)C1)C(=O)O.